The molecular formula is C39H55BrCl2N10O2. The monoisotopic (exact) mass is 844 g/mol. The summed E-state index contributed by atoms with van der Waals surface area (Å²) in [6.07, 6.45) is 3.09. The minimum absolute atomic E-state index is 0.115. The number of amides is 2. The Kier molecular flexibility index (Phi) is 17.9. The van der Waals surface area contributed by atoms with Crippen LogP contribution in [0.25, 0.3) is 0 Å². The van der Waals surface area contributed by atoms with Gasteiger partial charge in [0.15, 0.2) is 0 Å². The molecule has 0 saturated carbocycles. The van der Waals surface area contributed by atoms with E-state index in [1.165, 1.54) is 0 Å². The van der Waals surface area contributed by atoms with Crippen LogP contribution in [-0.4, -0.2) is 78.4 Å². The van der Waals surface area contributed by atoms with Crippen LogP contribution in [-0.2, 0) is 0 Å². The standard InChI is InChI=1S/C19H26BrN5O.C19H27N5O.CH2Cl2/c1-12-7-8-13(18(26)21-5)9-14(12)24-16-15(20)17(23-11-22-16)25(6)10-19(2,3)4;1-13-7-8-14(18(25)20-5)9-15(13)23-16-10-17(22-12-21-16)24(6)11-19(2,3)4;2-1-3/h7-9,11H,10H2,1-6H3,(H,21,26)(H,22,23,24);7-10,12H,11H2,1-6H3,(H,20,25)(H,21,22,23);1H2. The average molecular weight is 847 g/mol. The first-order valence-corrected chi connectivity index (χ1v) is 19.2. The predicted molar refractivity (Wildman–Crippen MR) is 229 cm³/mol. The molecule has 0 aliphatic heterocycles. The molecule has 4 aromatic rings. The summed E-state index contributed by atoms with van der Waals surface area (Å²) in [6.45, 7) is 18.8. The van der Waals surface area contributed by atoms with Gasteiger partial charge in [0.25, 0.3) is 11.8 Å². The fourth-order valence-corrected chi connectivity index (χ4v) is 5.87. The van der Waals surface area contributed by atoms with E-state index in [1.807, 2.05) is 64.3 Å². The van der Waals surface area contributed by atoms with E-state index in [9.17, 15) is 9.59 Å². The molecule has 0 aliphatic rings. The minimum Gasteiger partial charge on any atom is -0.359 e. The number of carbonyl (C=O) groups excluding carboxylic acids is 2. The summed E-state index contributed by atoms with van der Waals surface area (Å²) < 4.78 is 0.788. The van der Waals surface area contributed by atoms with Crippen LogP contribution in [0.4, 0.5) is 34.6 Å². The van der Waals surface area contributed by atoms with Gasteiger partial charge in [-0.3, -0.25) is 9.59 Å². The van der Waals surface area contributed by atoms with Gasteiger partial charge in [0.05, 0.1) is 5.34 Å². The first kappa shape index (κ1) is 46.0. The maximum Gasteiger partial charge on any atom is 0.251 e. The van der Waals surface area contributed by atoms with E-state index in [2.05, 4.69) is 108 Å². The van der Waals surface area contributed by atoms with Crippen LogP contribution in [0.1, 0.15) is 73.4 Å². The zero-order chi connectivity index (χ0) is 40.8. The lowest BCUT2D eigenvalue weighted by molar-refractivity contribution is 0.0955. The summed E-state index contributed by atoms with van der Waals surface area (Å²) in [5.74, 6) is 2.79. The number of carbonyl (C=O) groups is 2. The Morgan fingerprint density at radius 1 is 0.704 bits per heavy atom. The van der Waals surface area contributed by atoms with Crippen molar-refractivity contribution in [2.45, 2.75) is 55.4 Å². The van der Waals surface area contributed by atoms with E-state index in [1.54, 1.807) is 32.8 Å². The molecule has 0 aliphatic carbocycles. The first-order chi connectivity index (χ1) is 25.2. The van der Waals surface area contributed by atoms with Gasteiger partial charge in [0, 0.05) is 69.8 Å². The highest BCUT2D eigenvalue weighted by Gasteiger charge is 2.20. The van der Waals surface area contributed by atoms with Gasteiger partial charge in [-0.15, -0.1) is 23.2 Å². The number of nitrogens with one attached hydrogen (secondary N) is 4. The van der Waals surface area contributed by atoms with Gasteiger partial charge in [0.1, 0.15) is 40.4 Å². The number of aryl methyl sites for hydroxylation is 2. The topological polar surface area (TPSA) is 140 Å². The van der Waals surface area contributed by atoms with Crippen molar-refractivity contribution in [3.05, 3.63) is 81.8 Å². The molecule has 2 heterocycles. The smallest absolute Gasteiger partial charge is 0.251 e. The lowest BCUT2D eigenvalue weighted by Crippen LogP contribution is -2.30. The quantitative estimate of drug-likeness (QED) is 0.114. The van der Waals surface area contributed by atoms with Crippen molar-refractivity contribution in [2.75, 3.05) is 67.1 Å². The minimum atomic E-state index is -0.125. The molecule has 0 saturated heterocycles. The zero-order valence-corrected chi connectivity index (χ0v) is 36.5. The van der Waals surface area contributed by atoms with Gasteiger partial charge in [-0.2, -0.15) is 0 Å². The number of rotatable bonds is 10. The second kappa shape index (κ2) is 21.0. The highest BCUT2D eigenvalue weighted by Crippen LogP contribution is 2.33. The molecule has 15 heteroatoms. The summed E-state index contributed by atoms with van der Waals surface area (Å²) >= 11 is 13.2. The summed E-state index contributed by atoms with van der Waals surface area (Å²) in [4.78, 5) is 45.4. The molecule has 2 amide bonds. The molecule has 0 bridgehead atoms. The summed E-state index contributed by atoms with van der Waals surface area (Å²) in [7, 11) is 7.28. The highest BCUT2D eigenvalue weighted by molar-refractivity contribution is 9.10. The molecule has 0 unspecified atom stereocenters. The van der Waals surface area contributed by atoms with Gasteiger partial charge in [-0.05, 0) is 76.0 Å². The number of nitrogens with zero attached hydrogens (tertiary/aromatic N) is 6. The van der Waals surface area contributed by atoms with Gasteiger partial charge < -0.3 is 31.1 Å². The van der Waals surface area contributed by atoms with Crippen LogP contribution in [0, 0.1) is 24.7 Å². The van der Waals surface area contributed by atoms with Crippen LogP contribution in [0.2, 0.25) is 0 Å². The normalized spacial score (nSPS) is 10.9. The van der Waals surface area contributed by atoms with Gasteiger partial charge in [-0.1, -0.05) is 53.7 Å². The van der Waals surface area contributed by atoms with Crippen LogP contribution < -0.4 is 31.1 Å². The number of hydrogen-bond acceptors (Lipinski definition) is 10. The van der Waals surface area contributed by atoms with E-state index in [0.717, 1.165) is 51.7 Å². The number of halogens is 3. The molecule has 54 heavy (non-hydrogen) atoms. The van der Waals surface area contributed by atoms with Gasteiger partial charge >= 0.3 is 0 Å². The third-order valence-electron chi connectivity index (χ3n) is 7.57. The van der Waals surface area contributed by atoms with Crippen molar-refractivity contribution in [3.63, 3.8) is 0 Å². The van der Waals surface area contributed by atoms with Crippen LogP contribution in [0.3, 0.4) is 0 Å². The Bertz CT molecular complexity index is 1850. The molecule has 12 nitrogen and oxygen atoms in total. The molecule has 0 radical (unpaired) electrons. The fraction of sp³-hybridized carbons (Fsp3) is 0.436. The maximum absolute atomic E-state index is 11.9. The van der Waals surface area contributed by atoms with E-state index in [4.69, 9.17) is 23.2 Å². The van der Waals surface area contributed by atoms with Crippen LogP contribution in [0.15, 0.2) is 59.6 Å². The zero-order valence-electron chi connectivity index (χ0n) is 33.5. The van der Waals surface area contributed by atoms with Crippen LogP contribution >= 0.6 is 39.1 Å². The Morgan fingerprint density at radius 3 is 1.65 bits per heavy atom. The average Bonchev–Trinajstić information content (AvgIpc) is 3.09. The number of alkyl halides is 2. The maximum atomic E-state index is 11.9. The summed E-state index contributed by atoms with van der Waals surface area (Å²) in [5, 5.41) is 12.1. The molecule has 2 aromatic heterocycles. The van der Waals surface area contributed by atoms with Crippen molar-refractivity contribution in [2.24, 2.45) is 10.8 Å². The first-order valence-electron chi connectivity index (χ1n) is 17.3. The number of benzene rings is 2. The molecule has 0 spiro atoms. The van der Waals surface area contributed by atoms with Crippen molar-refractivity contribution in [3.8, 4) is 0 Å². The van der Waals surface area contributed by atoms with E-state index >= 15 is 0 Å². The molecular weight excluding hydrogens is 791 g/mol. The number of hydrogen-bond donors (Lipinski definition) is 4. The Morgan fingerprint density at radius 2 is 1.17 bits per heavy atom. The van der Waals surface area contributed by atoms with Crippen molar-refractivity contribution in [1.82, 2.24) is 30.6 Å². The molecule has 294 valence electrons. The second-order valence-corrected chi connectivity index (χ2v) is 16.6. The molecule has 0 fully saturated rings. The molecule has 2 aromatic carbocycles. The third kappa shape index (κ3) is 14.9. The fourth-order valence-electron chi connectivity index (χ4n) is 5.27. The number of aromatic nitrogens is 4. The lowest BCUT2D eigenvalue weighted by Gasteiger charge is -2.28. The molecule has 4 N–H and O–H groups in total. The Balaban J connectivity index is 0.000000348. The van der Waals surface area contributed by atoms with E-state index in [-0.39, 0.29) is 28.0 Å². The molecule has 4 rings (SSSR count). The second-order valence-electron chi connectivity index (χ2n) is 15.0. The molecule has 0 atom stereocenters. The largest absolute Gasteiger partial charge is 0.359 e. The number of anilines is 6. The van der Waals surface area contributed by atoms with E-state index in [0.29, 0.717) is 22.8 Å². The predicted octanol–water partition coefficient (Wildman–Crippen LogP) is 8.93. The van der Waals surface area contributed by atoms with E-state index < -0.39 is 0 Å². The van der Waals surface area contributed by atoms with Gasteiger partial charge in [0.2, 0.25) is 0 Å². The third-order valence-corrected chi connectivity index (χ3v) is 8.30. The van der Waals surface area contributed by atoms with Crippen molar-refractivity contribution >= 4 is 85.6 Å². The SMILES string of the molecule is CNC(=O)c1ccc(C)c(Nc2cc(N(C)CC(C)(C)C)ncn2)c1.CNC(=O)c1ccc(C)c(Nc2ncnc(N(C)CC(C)(C)C)c2Br)c1.ClCCl. The summed E-state index contributed by atoms with van der Waals surface area (Å²) in [6, 6.07) is 13.0. The van der Waals surface area contributed by atoms with Gasteiger partial charge in [-0.25, -0.2) is 19.9 Å². The van der Waals surface area contributed by atoms with Crippen molar-refractivity contribution in [1.29, 1.82) is 0 Å². The van der Waals surface area contributed by atoms with Crippen molar-refractivity contribution < 1.29 is 9.59 Å². The van der Waals surface area contributed by atoms with Crippen LogP contribution in [0.5, 0.6) is 0 Å². The highest BCUT2D eigenvalue weighted by atomic mass is 79.9. The Hall–Kier alpha value is -4.20. The Labute approximate surface area is 339 Å². The summed E-state index contributed by atoms with van der Waals surface area (Å²) in [5.41, 5.74) is 5.25. The lowest BCUT2D eigenvalue weighted by atomic mass is 9.96.